The van der Waals surface area contributed by atoms with E-state index >= 15 is 0 Å². The average molecular weight is 326 g/mol. The molecule has 1 aliphatic carbocycles. The van der Waals surface area contributed by atoms with Gasteiger partial charge in [-0.25, -0.2) is 0 Å². The minimum absolute atomic E-state index is 0.315. The average Bonchev–Trinajstić information content (AvgIpc) is 2.45. The summed E-state index contributed by atoms with van der Waals surface area (Å²) in [6.07, 6.45) is 8.51. The Hall–Kier alpha value is -1.06. The van der Waals surface area contributed by atoms with Crippen LogP contribution in [0.5, 0.6) is 0 Å². The minimum Gasteiger partial charge on any atom is -0.481 e. The lowest BCUT2D eigenvalue weighted by atomic mass is 9.79. The second kappa shape index (κ2) is 9.29. The van der Waals surface area contributed by atoms with E-state index in [9.17, 15) is 14.7 Å². The molecule has 0 amide bonds. The van der Waals surface area contributed by atoms with Crippen LogP contribution >= 0.6 is 0 Å². The van der Waals surface area contributed by atoms with Crippen molar-refractivity contribution in [2.24, 2.45) is 17.8 Å². The monoisotopic (exact) mass is 326 g/mol. The maximum Gasteiger partial charge on any atom is 0.310 e. The number of carbonyl (C=O) groups excluding carboxylic acids is 1. The molecule has 4 nitrogen and oxygen atoms in total. The van der Waals surface area contributed by atoms with E-state index in [1.54, 1.807) is 0 Å². The Balaban J connectivity index is 2.42. The van der Waals surface area contributed by atoms with E-state index < -0.39 is 23.4 Å². The van der Waals surface area contributed by atoms with Gasteiger partial charge in [-0.05, 0) is 45.4 Å². The molecule has 4 heteroatoms. The fourth-order valence-corrected chi connectivity index (χ4v) is 3.39. The SMILES string of the molecule is CC(C)CCCCCC(C)(C)OC(=O)C1CCCCC1C(=O)O. The molecule has 1 N–H and O–H groups in total. The van der Waals surface area contributed by atoms with Crippen LogP contribution in [0.15, 0.2) is 0 Å². The third-order valence-corrected chi connectivity index (χ3v) is 4.82. The van der Waals surface area contributed by atoms with Crippen LogP contribution in [0.3, 0.4) is 0 Å². The molecule has 0 aliphatic heterocycles. The summed E-state index contributed by atoms with van der Waals surface area (Å²) in [5, 5.41) is 9.29. The molecule has 0 aromatic carbocycles. The highest BCUT2D eigenvalue weighted by molar-refractivity contribution is 5.81. The Morgan fingerprint density at radius 1 is 1.09 bits per heavy atom. The molecular formula is C19H34O4. The number of carbonyl (C=O) groups is 2. The number of hydrogen-bond acceptors (Lipinski definition) is 3. The number of esters is 1. The maximum atomic E-state index is 12.4. The van der Waals surface area contributed by atoms with Crippen LogP contribution in [-0.2, 0) is 14.3 Å². The summed E-state index contributed by atoms with van der Waals surface area (Å²) >= 11 is 0. The van der Waals surface area contributed by atoms with Crippen LogP contribution in [-0.4, -0.2) is 22.6 Å². The van der Waals surface area contributed by atoms with Crippen LogP contribution < -0.4 is 0 Å². The lowest BCUT2D eigenvalue weighted by Gasteiger charge is -2.32. The molecule has 0 aromatic rings. The highest BCUT2D eigenvalue weighted by atomic mass is 16.6. The standard InChI is InChI=1S/C19H34O4/c1-14(2)10-6-5-9-13-19(3,4)23-18(22)16-12-8-7-11-15(16)17(20)21/h14-16H,5-13H2,1-4H3,(H,20,21). The summed E-state index contributed by atoms with van der Waals surface area (Å²) in [5.41, 5.74) is -0.505. The number of aliphatic carboxylic acids is 1. The van der Waals surface area contributed by atoms with Gasteiger partial charge in [0.1, 0.15) is 5.60 Å². The number of unbranched alkanes of at least 4 members (excludes halogenated alkanes) is 2. The van der Waals surface area contributed by atoms with Crippen molar-refractivity contribution in [1.29, 1.82) is 0 Å². The van der Waals surface area contributed by atoms with Crippen LogP contribution in [0, 0.1) is 17.8 Å². The third kappa shape index (κ3) is 7.36. The lowest BCUT2D eigenvalue weighted by Crippen LogP contribution is -2.38. The van der Waals surface area contributed by atoms with Crippen molar-refractivity contribution < 1.29 is 19.4 Å². The van der Waals surface area contributed by atoms with E-state index in [-0.39, 0.29) is 5.97 Å². The summed E-state index contributed by atoms with van der Waals surface area (Å²) in [4.78, 5) is 23.7. The number of hydrogen-bond donors (Lipinski definition) is 1. The van der Waals surface area contributed by atoms with Gasteiger partial charge in [0.2, 0.25) is 0 Å². The van der Waals surface area contributed by atoms with Crippen molar-refractivity contribution in [1.82, 2.24) is 0 Å². The topological polar surface area (TPSA) is 63.6 Å². The maximum absolute atomic E-state index is 12.4. The molecular weight excluding hydrogens is 292 g/mol. The molecule has 0 aromatic heterocycles. The van der Waals surface area contributed by atoms with Crippen molar-refractivity contribution in [2.45, 2.75) is 91.1 Å². The van der Waals surface area contributed by atoms with Gasteiger partial charge in [0.25, 0.3) is 0 Å². The van der Waals surface area contributed by atoms with Gasteiger partial charge in [0.15, 0.2) is 0 Å². The van der Waals surface area contributed by atoms with Crippen LogP contribution in [0.1, 0.15) is 85.5 Å². The Morgan fingerprint density at radius 2 is 1.70 bits per heavy atom. The van der Waals surface area contributed by atoms with Gasteiger partial charge in [-0.3, -0.25) is 9.59 Å². The van der Waals surface area contributed by atoms with Crippen molar-refractivity contribution in [3.05, 3.63) is 0 Å². The van der Waals surface area contributed by atoms with Crippen LogP contribution in [0.25, 0.3) is 0 Å². The first-order valence-corrected chi connectivity index (χ1v) is 9.18. The molecule has 2 atom stereocenters. The minimum atomic E-state index is -0.863. The molecule has 2 unspecified atom stereocenters. The second-order valence-corrected chi connectivity index (χ2v) is 8.01. The Bertz CT molecular complexity index is 387. The predicted molar refractivity (Wildman–Crippen MR) is 91.2 cm³/mol. The zero-order valence-electron chi connectivity index (χ0n) is 15.3. The molecule has 0 radical (unpaired) electrons. The van der Waals surface area contributed by atoms with Crippen molar-refractivity contribution in [2.75, 3.05) is 0 Å². The van der Waals surface area contributed by atoms with Gasteiger partial charge in [-0.1, -0.05) is 46.0 Å². The summed E-state index contributed by atoms with van der Waals surface area (Å²) in [6.45, 7) is 8.33. The first-order chi connectivity index (χ1) is 10.7. The predicted octanol–water partition coefficient (Wildman–Crippen LogP) is 4.81. The fraction of sp³-hybridized carbons (Fsp3) is 0.895. The zero-order chi connectivity index (χ0) is 17.5. The quantitative estimate of drug-likeness (QED) is 0.488. The molecule has 1 rings (SSSR count). The Labute approximate surface area is 141 Å². The van der Waals surface area contributed by atoms with Gasteiger partial charge in [0.05, 0.1) is 11.8 Å². The highest BCUT2D eigenvalue weighted by Gasteiger charge is 2.38. The number of carboxylic acid groups (broad SMARTS) is 1. The molecule has 1 saturated carbocycles. The molecule has 0 spiro atoms. The van der Waals surface area contributed by atoms with Gasteiger partial charge >= 0.3 is 11.9 Å². The Kier molecular flexibility index (Phi) is 8.07. The first-order valence-electron chi connectivity index (χ1n) is 9.18. The summed E-state index contributed by atoms with van der Waals surface area (Å²) in [5.74, 6) is -1.48. The van der Waals surface area contributed by atoms with E-state index in [0.29, 0.717) is 12.8 Å². The van der Waals surface area contributed by atoms with E-state index in [0.717, 1.165) is 38.0 Å². The smallest absolute Gasteiger partial charge is 0.310 e. The van der Waals surface area contributed by atoms with E-state index in [1.165, 1.54) is 12.8 Å². The third-order valence-electron chi connectivity index (χ3n) is 4.82. The van der Waals surface area contributed by atoms with Crippen molar-refractivity contribution in [3.8, 4) is 0 Å². The zero-order valence-corrected chi connectivity index (χ0v) is 15.3. The molecule has 23 heavy (non-hydrogen) atoms. The van der Waals surface area contributed by atoms with E-state index in [1.807, 2.05) is 13.8 Å². The lowest BCUT2D eigenvalue weighted by molar-refractivity contribution is -0.170. The van der Waals surface area contributed by atoms with Crippen molar-refractivity contribution in [3.63, 3.8) is 0 Å². The number of ether oxygens (including phenoxy) is 1. The summed E-state index contributed by atoms with van der Waals surface area (Å²) in [7, 11) is 0. The summed E-state index contributed by atoms with van der Waals surface area (Å²) in [6, 6.07) is 0. The fourth-order valence-electron chi connectivity index (χ4n) is 3.39. The molecule has 0 saturated heterocycles. The van der Waals surface area contributed by atoms with E-state index in [4.69, 9.17) is 4.74 Å². The van der Waals surface area contributed by atoms with Gasteiger partial charge in [-0.15, -0.1) is 0 Å². The van der Waals surface area contributed by atoms with Gasteiger partial charge in [0, 0.05) is 0 Å². The van der Waals surface area contributed by atoms with Crippen LogP contribution in [0.2, 0.25) is 0 Å². The summed E-state index contributed by atoms with van der Waals surface area (Å²) < 4.78 is 5.68. The van der Waals surface area contributed by atoms with Crippen LogP contribution in [0.4, 0.5) is 0 Å². The first kappa shape index (κ1) is 20.0. The largest absolute Gasteiger partial charge is 0.481 e. The van der Waals surface area contributed by atoms with Crippen molar-refractivity contribution >= 4 is 11.9 Å². The van der Waals surface area contributed by atoms with E-state index in [2.05, 4.69) is 13.8 Å². The normalized spacial score (nSPS) is 22.1. The molecule has 0 heterocycles. The van der Waals surface area contributed by atoms with Gasteiger partial charge in [-0.2, -0.15) is 0 Å². The second-order valence-electron chi connectivity index (χ2n) is 8.01. The van der Waals surface area contributed by atoms with Gasteiger partial charge < -0.3 is 9.84 Å². The number of rotatable bonds is 9. The molecule has 1 aliphatic rings. The Morgan fingerprint density at radius 3 is 2.26 bits per heavy atom. The molecule has 1 fully saturated rings. The highest BCUT2D eigenvalue weighted by Crippen LogP contribution is 2.33. The molecule has 0 bridgehead atoms. The molecule has 134 valence electrons. The number of carboxylic acids is 1.